The number of piperidine rings is 3. The summed E-state index contributed by atoms with van der Waals surface area (Å²) in [5.74, 6) is -0.422. The van der Waals surface area contributed by atoms with E-state index in [4.69, 9.17) is 4.74 Å². The van der Waals surface area contributed by atoms with Gasteiger partial charge in [0.2, 0.25) is 11.5 Å². The monoisotopic (exact) mass is 480 g/mol. The van der Waals surface area contributed by atoms with E-state index in [0.29, 0.717) is 22.2 Å². The number of aromatic nitrogens is 3. The van der Waals surface area contributed by atoms with Crippen LogP contribution >= 0.6 is 11.3 Å². The SMILES string of the molecule is O=C(C[N+]12CCC(CC1)[C@@H](OC(=O)C(O)(c1ccccc1)c1ccsc1)C2)Nc1ncncn1. The Labute approximate surface area is 201 Å². The Morgan fingerprint density at radius 2 is 1.85 bits per heavy atom. The van der Waals surface area contributed by atoms with Gasteiger partial charge in [0.25, 0.3) is 5.91 Å². The number of nitrogens with zero attached hydrogens (tertiary/aromatic N) is 4. The zero-order valence-corrected chi connectivity index (χ0v) is 19.4. The summed E-state index contributed by atoms with van der Waals surface area (Å²) >= 11 is 1.41. The number of thiophene rings is 1. The van der Waals surface area contributed by atoms with Gasteiger partial charge in [0, 0.05) is 24.3 Å². The number of nitrogens with one attached hydrogen (secondary N) is 1. The Morgan fingerprint density at radius 1 is 1.12 bits per heavy atom. The van der Waals surface area contributed by atoms with E-state index < -0.39 is 11.6 Å². The average Bonchev–Trinajstić information content (AvgIpc) is 3.40. The number of carbonyl (C=O) groups excluding carboxylic acids is 2. The number of carbonyl (C=O) groups is 2. The third-order valence-corrected chi connectivity index (χ3v) is 7.63. The minimum absolute atomic E-state index is 0.185. The summed E-state index contributed by atoms with van der Waals surface area (Å²) in [6, 6.07) is 10.6. The minimum atomic E-state index is -1.88. The number of fused-ring (bicyclic) bond motifs is 3. The Bertz CT molecular complexity index is 1140. The van der Waals surface area contributed by atoms with Crippen LogP contribution in [0.25, 0.3) is 0 Å². The molecule has 5 heterocycles. The highest BCUT2D eigenvalue weighted by Crippen LogP contribution is 2.38. The number of hydrogen-bond donors (Lipinski definition) is 2. The van der Waals surface area contributed by atoms with Crippen LogP contribution in [-0.4, -0.2) is 68.7 Å². The van der Waals surface area contributed by atoms with E-state index in [1.165, 1.54) is 24.0 Å². The fourth-order valence-corrected chi connectivity index (χ4v) is 5.82. The molecule has 3 aromatic rings. The molecule has 0 saturated carbocycles. The summed E-state index contributed by atoms with van der Waals surface area (Å²) in [6.45, 7) is 2.48. The van der Waals surface area contributed by atoms with Crippen molar-refractivity contribution < 1.29 is 23.9 Å². The highest BCUT2D eigenvalue weighted by molar-refractivity contribution is 7.08. The number of benzene rings is 1. The van der Waals surface area contributed by atoms with Gasteiger partial charge < -0.3 is 14.3 Å². The maximum absolute atomic E-state index is 13.5. The van der Waals surface area contributed by atoms with Crippen LogP contribution in [0.1, 0.15) is 24.0 Å². The molecule has 3 aliphatic heterocycles. The molecule has 10 heteroatoms. The van der Waals surface area contributed by atoms with Crippen LogP contribution in [0, 0.1) is 5.92 Å². The molecular weight excluding hydrogens is 454 g/mol. The molecule has 2 aromatic heterocycles. The summed E-state index contributed by atoms with van der Waals surface area (Å²) in [5.41, 5.74) is -0.912. The lowest BCUT2D eigenvalue weighted by molar-refractivity contribution is -0.939. The Hall–Kier alpha value is -3.21. The summed E-state index contributed by atoms with van der Waals surface area (Å²) in [6.07, 6.45) is 4.02. The Morgan fingerprint density at radius 3 is 2.53 bits per heavy atom. The van der Waals surface area contributed by atoms with E-state index in [-0.39, 0.29) is 30.4 Å². The van der Waals surface area contributed by atoms with Gasteiger partial charge in [-0.05, 0) is 22.4 Å². The van der Waals surface area contributed by atoms with E-state index >= 15 is 0 Å². The van der Waals surface area contributed by atoms with E-state index in [1.807, 2.05) is 11.4 Å². The van der Waals surface area contributed by atoms with E-state index in [1.54, 1.807) is 35.7 Å². The fraction of sp³-hybridized carbons (Fsp3) is 0.375. The molecule has 9 nitrogen and oxygen atoms in total. The van der Waals surface area contributed by atoms with Gasteiger partial charge in [0.15, 0.2) is 12.6 Å². The molecule has 6 rings (SSSR count). The van der Waals surface area contributed by atoms with Crippen molar-refractivity contribution in [3.63, 3.8) is 0 Å². The van der Waals surface area contributed by atoms with Crippen LogP contribution in [-0.2, 0) is 19.9 Å². The number of esters is 1. The number of aliphatic hydroxyl groups is 1. The van der Waals surface area contributed by atoms with Crippen LogP contribution in [0.3, 0.4) is 0 Å². The van der Waals surface area contributed by atoms with Crippen molar-refractivity contribution in [1.82, 2.24) is 15.0 Å². The van der Waals surface area contributed by atoms with E-state index in [2.05, 4.69) is 20.3 Å². The second kappa shape index (κ2) is 9.21. The van der Waals surface area contributed by atoms with Crippen molar-refractivity contribution in [2.45, 2.75) is 24.5 Å². The highest BCUT2D eigenvalue weighted by atomic mass is 32.1. The summed E-state index contributed by atoms with van der Waals surface area (Å²) in [5, 5.41) is 17.9. The van der Waals surface area contributed by atoms with Gasteiger partial charge in [0.1, 0.15) is 19.2 Å². The molecule has 34 heavy (non-hydrogen) atoms. The third kappa shape index (κ3) is 4.31. The number of amides is 1. The molecule has 0 radical (unpaired) electrons. The molecule has 2 N–H and O–H groups in total. The fourth-order valence-electron chi connectivity index (χ4n) is 5.12. The van der Waals surface area contributed by atoms with Gasteiger partial charge in [-0.15, -0.1) is 0 Å². The van der Waals surface area contributed by atoms with Gasteiger partial charge >= 0.3 is 5.97 Å². The zero-order valence-electron chi connectivity index (χ0n) is 18.5. The van der Waals surface area contributed by atoms with E-state index in [9.17, 15) is 14.7 Å². The Kier molecular flexibility index (Phi) is 6.11. The van der Waals surface area contributed by atoms with E-state index in [0.717, 1.165) is 25.9 Å². The molecule has 1 amide bonds. The smallest absolute Gasteiger partial charge is 0.348 e. The lowest BCUT2D eigenvalue weighted by atomic mass is 9.82. The minimum Gasteiger partial charge on any atom is -0.453 e. The van der Waals surface area contributed by atoms with Crippen LogP contribution in [0.2, 0.25) is 0 Å². The molecule has 0 aliphatic carbocycles. The highest BCUT2D eigenvalue weighted by Gasteiger charge is 2.51. The maximum atomic E-state index is 13.5. The first kappa shape index (κ1) is 22.6. The van der Waals surface area contributed by atoms with Crippen molar-refractivity contribution in [3.8, 4) is 0 Å². The molecule has 3 aliphatic rings. The molecule has 2 atom stereocenters. The van der Waals surface area contributed by atoms with Crippen molar-refractivity contribution >= 4 is 29.2 Å². The quantitative estimate of drug-likeness (QED) is 0.392. The zero-order chi connectivity index (χ0) is 23.6. The number of rotatable bonds is 7. The number of hydrogen-bond acceptors (Lipinski definition) is 8. The summed E-state index contributed by atoms with van der Waals surface area (Å²) in [7, 11) is 0. The molecule has 3 saturated heterocycles. The molecule has 1 unspecified atom stereocenters. The number of anilines is 1. The molecule has 2 bridgehead atoms. The van der Waals surface area contributed by atoms with Gasteiger partial charge in [-0.3, -0.25) is 10.1 Å². The van der Waals surface area contributed by atoms with Crippen molar-refractivity contribution in [2.75, 3.05) is 31.5 Å². The largest absolute Gasteiger partial charge is 0.453 e. The molecule has 3 fully saturated rings. The number of quaternary nitrogens is 1. The first-order valence-corrected chi connectivity index (χ1v) is 12.2. The average molecular weight is 481 g/mol. The molecule has 176 valence electrons. The predicted octanol–water partition coefficient (Wildman–Crippen LogP) is 1.96. The molecular formula is C24H26N5O4S+. The van der Waals surface area contributed by atoms with Crippen molar-refractivity contribution in [3.05, 3.63) is 70.9 Å². The standard InChI is InChI=1S/C24H25N5O4S/c30-21(28-23-26-15-25-16-27-23)13-29-9-6-17(7-10-29)20(12-29)33-22(31)24(32,19-8-11-34-14-19)18-4-2-1-3-5-18/h1-5,8,11,14-17,20,32H,6-7,9-10,12-13H2/p+1/t17?,20-,24?,29?/m0/s1. The van der Waals surface area contributed by atoms with Crippen LogP contribution < -0.4 is 5.32 Å². The third-order valence-electron chi connectivity index (χ3n) is 6.95. The normalized spacial score (nSPS) is 25.3. The van der Waals surface area contributed by atoms with Gasteiger partial charge in [-0.2, -0.15) is 11.3 Å². The van der Waals surface area contributed by atoms with Crippen LogP contribution in [0.4, 0.5) is 5.95 Å². The maximum Gasteiger partial charge on any atom is 0.348 e. The lowest BCUT2D eigenvalue weighted by Crippen LogP contribution is -2.66. The van der Waals surface area contributed by atoms with Crippen LogP contribution in [0.5, 0.6) is 0 Å². The van der Waals surface area contributed by atoms with Crippen LogP contribution in [0.15, 0.2) is 59.8 Å². The molecule has 0 spiro atoms. The first-order valence-electron chi connectivity index (χ1n) is 11.3. The van der Waals surface area contributed by atoms with Gasteiger partial charge in [0.05, 0.1) is 13.1 Å². The summed E-state index contributed by atoms with van der Waals surface area (Å²) < 4.78 is 6.56. The lowest BCUT2D eigenvalue weighted by Gasteiger charge is -2.51. The first-order chi connectivity index (χ1) is 16.5. The van der Waals surface area contributed by atoms with Gasteiger partial charge in [-0.1, -0.05) is 30.3 Å². The van der Waals surface area contributed by atoms with Crippen molar-refractivity contribution in [1.29, 1.82) is 0 Å². The summed E-state index contributed by atoms with van der Waals surface area (Å²) in [4.78, 5) is 37.9. The predicted molar refractivity (Wildman–Crippen MR) is 125 cm³/mol. The van der Waals surface area contributed by atoms with Gasteiger partial charge in [-0.25, -0.2) is 19.7 Å². The Balaban J connectivity index is 1.32. The second-order valence-corrected chi connectivity index (χ2v) is 9.79. The van der Waals surface area contributed by atoms with Crippen molar-refractivity contribution in [2.24, 2.45) is 5.92 Å². The topological polar surface area (TPSA) is 114 Å². The second-order valence-electron chi connectivity index (χ2n) is 9.01. The molecule has 1 aromatic carbocycles. The number of ether oxygens (including phenoxy) is 1.